The Morgan fingerprint density at radius 2 is 1.85 bits per heavy atom. The third kappa shape index (κ3) is 4.98. The zero-order valence-electron chi connectivity index (χ0n) is 15.1. The molecule has 0 radical (unpaired) electrons. The number of anilines is 3. The summed E-state index contributed by atoms with van der Waals surface area (Å²) in [6.45, 7) is 4.04. The van der Waals surface area contributed by atoms with Crippen molar-refractivity contribution in [3.63, 3.8) is 0 Å². The van der Waals surface area contributed by atoms with Gasteiger partial charge in [0.15, 0.2) is 5.82 Å². The minimum atomic E-state index is -3.29. The lowest BCUT2D eigenvalue weighted by molar-refractivity contribution is 0.327. The van der Waals surface area contributed by atoms with Crippen LogP contribution < -0.4 is 14.8 Å². The van der Waals surface area contributed by atoms with Crippen molar-refractivity contribution in [1.29, 1.82) is 0 Å². The van der Waals surface area contributed by atoms with E-state index in [4.69, 9.17) is 4.74 Å². The molecule has 0 aliphatic rings. The Hall–Kier alpha value is -3.07. The van der Waals surface area contributed by atoms with Gasteiger partial charge in [0.25, 0.3) is 0 Å². The van der Waals surface area contributed by atoms with Crippen LogP contribution in [0.2, 0.25) is 0 Å². The number of ether oxygens (including phenoxy) is 1. The Labute approximate surface area is 158 Å². The normalized spacial score (nSPS) is 11.2. The van der Waals surface area contributed by atoms with Crippen molar-refractivity contribution in [3.8, 4) is 17.1 Å². The van der Waals surface area contributed by atoms with Crippen molar-refractivity contribution in [2.45, 2.75) is 13.8 Å². The summed E-state index contributed by atoms with van der Waals surface area (Å²) in [6, 6.07) is 14.4. The maximum absolute atomic E-state index is 11.6. The molecule has 2 aromatic heterocycles. The van der Waals surface area contributed by atoms with E-state index in [1.165, 1.54) is 0 Å². The van der Waals surface area contributed by atoms with Gasteiger partial charge in [-0.05, 0) is 37.6 Å². The van der Waals surface area contributed by atoms with Crippen LogP contribution in [-0.2, 0) is 10.0 Å². The number of benzene rings is 1. The third-order valence-electron chi connectivity index (χ3n) is 3.70. The molecule has 0 aliphatic carbocycles. The highest BCUT2D eigenvalue weighted by Gasteiger charge is 2.08. The number of sulfonamides is 1. The summed E-state index contributed by atoms with van der Waals surface area (Å²) < 4.78 is 31.1. The molecule has 3 aromatic rings. The predicted octanol–water partition coefficient (Wildman–Crippen LogP) is 3.38. The van der Waals surface area contributed by atoms with Gasteiger partial charge in [-0.15, -0.1) is 0 Å². The number of H-pyrrole nitrogens is 1. The van der Waals surface area contributed by atoms with E-state index in [0.717, 1.165) is 11.3 Å². The largest absolute Gasteiger partial charge is 0.478 e. The van der Waals surface area contributed by atoms with Crippen molar-refractivity contribution in [2.24, 2.45) is 0 Å². The van der Waals surface area contributed by atoms with Crippen molar-refractivity contribution >= 4 is 27.3 Å². The van der Waals surface area contributed by atoms with E-state index < -0.39 is 10.0 Å². The van der Waals surface area contributed by atoms with Crippen molar-refractivity contribution in [3.05, 3.63) is 48.5 Å². The van der Waals surface area contributed by atoms with Gasteiger partial charge in [-0.25, -0.2) is 8.42 Å². The maximum Gasteiger partial charge on any atom is 0.232 e. The molecular formula is C18H21N5O3S. The van der Waals surface area contributed by atoms with E-state index in [1.54, 1.807) is 25.1 Å². The van der Waals surface area contributed by atoms with Gasteiger partial charge in [0.2, 0.25) is 15.9 Å². The summed E-state index contributed by atoms with van der Waals surface area (Å²) in [6.07, 6.45) is 0. The molecule has 3 rings (SSSR count). The number of rotatable bonds is 8. The average molecular weight is 387 g/mol. The van der Waals surface area contributed by atoms with Crippen molar-refractivity contribution in [1.82, 2.24) is 15.2 Å². The number of aromatic nitrogens is 3. The first-order valence-corrected chi connectivity index (χ1v) is 10.2. The van der Waals surface area contributed by atoms with Crippen LogP contribution in [0.1, 0.15) is 13.8 Å². The number of pyridine rings is 1. The second kappa shape index (κ2) is 8.09. The molecule has 0 unspecified atom stereocenters. The van der Waals surface area contributed by atoms with Crippen LogP contribution in [0, 0.1) is 0 Å². The van der Waals surface area contributed by atoms with Gasteiger partial charge in [0, 0.05) is 17.8 Å². The number of hydrogen-bond acceptors (Lipinski definition) is 6. The van der Waals surface area contributed by atoms with Crippen LogP contribution in [0.15, 0.2) is 48.5 Å². The highest BCUT2D eigenvalue weighted by Crippen LogP contribution is 2.24. The lowest BCUT2D eigenvalue weighted by Crippen LogP contribution is -2.14. The van der Waals surface area contributed by atoms with Gasteiger partial charge in [-0.1, -0.05) is 18.2 Å². The summed E-state index contributed by atoms with van der Waals surface area (Å²) in [5, 5.41) is 10.3. The molecule has 2 heterocycles. The molecule has 0 atom stereocenters. The smallest absolute Gasteiger partial charge is 0.232 e. The molecule has 0 saturated heterocycles. The first-order valence-electron chi connectivity index (χ1n) is 8.52. The van der Waals surface area contributed by atoms with Gasteiger partial charge >= 0.3 is 0 Å². The van der Waals surface area contributed by atoms with E-state index in [0.29, 0.717) is 29.8 Å². The Balaban J connectivity index is 1.71. The molecule has 142 valence electrons. The van der Waals surface area contributed by atoms with E-state index in [2.05, 4.69) is 25.2 Å². The molecule has 27 heavy (non-hydrogen) atoms. The number of hydrogen-bond donors (Lipinski definition) is 3. The number of nitrogens with one attached hydrogen (secondary N) is 3. The summed E-state index contributed by atoms with van der Waals surface area (Å²) >= 11 is 0. The van der Waals surface area contributed by atoms with Crippen LogP contribution >= 0.6 is 0 Å². The van der Waals surface area contributed by atoms with Crippen molar-refractivity contribution < 1.29 is 13.2 Å². The first-order chi connectivity index (χ1) is 13.0. The Morgan fingerprint density at radius 3 is 2.56 bits per heavy atom. The van der Waals surface area contributed by atoms with Gasteiger partial charge < -0.3 is 10.1 Å². The van der Waals surface area contributed by atoms with Crippen LogP contribution in [0.3, 0.4) is 0 Å². The molecule has 0 saturated carbocycles. The molecule has 0 fully saturated rings. The molecule has 3 N–H and O–H groups in total. The summed E-state index contributed by atoms with van der Waals surface area (Å²) in [7, 11) is -3.29. The Morgan fingerprint density at radius 1 is 1.07 bits per heavy atom. The van der Waals surface area contributed by atoms with E-state index in [-0.39, 0.29) is 5.75 Å². The molecular weight excluding hydrogens is 366 g/mol. The summed E-state index contributed by atoms with van der Waals surface area (Å²) in [5.41, 5.74) is 2.20. The summed E-state index contributed by atoms with van der Waals surface area (Å²) in [4.78, 5) is 4.34. The topological polar surface area (TPSA) is 109 Å². The second-order valence-corrected chi connectivity index (χ2v) is 7.68. The Kier molecular flexibility index (Phi) is 5.60. The molecule has 0 aliphatic heterocycles. The van der Waals surface area contributed by atoms with Gasteiger partial charge in [-0.2, -0.15) is 10.1 Å². The highest BCUT2D eigenvalue weighted by atomic mass is 32.2. The molecule has 9 heteroatoms. The fraction of sp³-hybridized carbons (Fsp3) is 0.222. The SMILES string of the molecule is CCOc1cccc(Nc2cc(-c3ccc(NS(=O)(=O)CC)cc3)[nH]n2)n1. The zero-order chi connectivity index (χ0) is 19.3. The molecule has 8 nitrogen and oxygen atoms in total. The highest BCUT2D eigenvalue weighted by molar-refractivity contribution is 7.92. The number of aromatic amines is 1. The molecule has 0 bridgehead atoms. The monoisotopic (exact) mass is 387 g/mol. The summed E-state index contributed by atoms with van der Waals surface area (Å²) in [5.74, 6) is 1.82. The third-order valence-corrected chi connectivity index (χ3v) is 5.01. The van der Waals surface area contributed by atoms with E-state index >= 15 is 0 Å². The maximum atomic E-state index is 11.6. The molecule has 0 amide bonds. The van der Waals surface area contributed by atoms with Gasteiger partial charge in [0.1, 0.15) is 5.82 Å². The standard InChI is InChI=1S/C18H21N5O3S/c1-3-26-18-7-5-6-16(20-18)19-17-12-15(21-22-17)13-8-10-14(11-9-13)23-27(24,25)4-2/h5-12,23H,3-4H2,1-2H3,(H2,19,20,21,22). The van der Waals surface area contributed by atoms with Crippen LogP contribution in [0.25, 0.3) is 11.3 Å². The van der Waals surface area contributed by atoms with E-state index in [1.807, 2.05) is 37.3 Å². The fourth-order valence-electron chi connectivity index (χ4n) is 2.35. The molecule has 1 aromatic carbocycles. The quantitative estimate of drug-likeness (QED) is 0.547. The minimum absolute atomic E-state index is 0.0306. The zero-order valence-corrected chi connectivity index (χ0v) is 15.9. The van der Waals surface area contributed by atoms with Crippen LogP contribution in [-0.4, -0.2) is 36.0 Å². The average Bonchev–Trinajstić information content (AvgIpc) is 3.11. The van der Waals surface area contributed by atoms with Crippen molar-refractivity contribution in [2.75, 3.05) is 22.4 Å². The van der Waals surface area contributed by atoms with Crippen LogP contribution in [0.5, 0.6) is 5.88 Å². The lowest BCUT2D eigenvalue weighted by atomic mass is 10.1. The Bertz CT molecular complexity index is 1000. The predicted molar refractivity (Wildman–Crippen MR) is 106 cm³/mol. The number of nitrogens with zero attached hydrogens (tertiary/aromatic N) is 2. The fourth-order valence-corrected chi connectivity index (χ4v) is 2.99. The van der Waals surface area contributed by atoms with Gasteiger partial charge in [-0.3, -0.25) is 9.82 Å². The second-order valence-electron chi connectivity index (χ2n) is 5.67. The first kappa shape index (κ1) is 18.7. The lowest BCUT2D eigenvalue weighted by Gasteiger charge is -2.06. The minimum Gasteiger partial charge on any atom is -0.478 e. The van der Waals surface area contributed by atoms with Crippen LogP contribution in [0.4, 0.5) is 17.3 Å². The van der Waals surface area contributed by atoms with Gasteiger partial charge in [0.05, 0.1) is 18.1 Å². The molecule has 0 spiro atoms. The van der Waals surface area contributed by atoms with E-state index in [9.17, 15) is 8.42 Å².